The van der Waals surface area contributed by atoms with Crippen LogP contribution in [-0.4, -0.2) is 27.8 Å². The maximum Gasteiger partial charge on any atom is 0.276 e. The number of nitrogens with zero attached hydrogens (tertiary/aromatic N) is 2. The molecule has 1 aliphatic rings. The summed E-state index contributed by atoms with van der Waals surface area (Å²) >= 11 is 0. The first kappa shape index (κ1) is 18.1. The third-order valence-electron chi connectivity index (χ3n) is 5.76. The number of fused-ring (bicyclic) bond motifs is 3. The monoisotopic (exact) mass is 400 g/mol. The molecule has 6 nitrogen and oxygen atoms in total. The summed E-state index contributed by atoms with van der Waals surface area (Å²) in [5.74, 6) is 0.166. The van der Waals surface area contributed by atoms with E-state index in [9.17, 15) is 15.0 Å². The normalized spacial score (nSPS) is 15.6. The summed E-state index contributed by atoms with van der Waals surface area (Å²) in [5, 5.41) is 20.9. The smallest absolute Gasteiger partial charge is 0.276 e. The van der Waals surface area contributed by atoms with Crippen LogP contribution < -0.4 is 9.64 Å². The van der Waals surface area contributed by atoms with Gasteiger partial charge in [0.25, 0.3) is 5.91 Å². The van der Waals surface area contributed by atoms with Crippen molar-refractivity contribution < 1.29 is 19.7 Å². The number of methoxy groups -OCH3 is 1. The molecule has 1 aromatic heterocycles. The van der Waals surface area contributed by atoms with Gasteiger partial charge in [0.1, 0.15) is 11.4 Å². The molecule has 1 amide bonds. The number of carbonyl (C=O) groups excluding carboxylic acids is 1. The minimum atomic E-state index is -0.446. The van der Waals surface area contributed by atoms with Crippen molar-refractivity contribution in [1.29, 1.82) is 0 Å². The first-order chi connectivity index (χ1) is 14.5. The van der Waals surface area contributed by atoms with Gasteiger partial charge in [0, 0.05) is 29.2 Å². The molecule has 1 atom stereocenters. The third kappa shape index (κ3) is 2.47. The van der Waals surface area contributed by atoms with Crippen molar-refractivity contribution in [1.82, 2.24) is 4.57 Å². The average Bonchev–Trinajstić information content (AvgIpc) is 3.23. The number of aryl methyl sites for hydroxylation is 1. The van der Waals surface area contributed by atoms with Crippen molar-refractivity contribution in [3.8, 4) is 17.2 Å². The van der Waals surface area contributed by atoms with Gasteiger partial charge in [-0.2, -0.15) is 0 Å². The van der Waals surface area contributed by atoms with Crippen molar-refractivity contribution in [2.24, 2.45) is 7.05 Å². The van der Waals surface area contributed by atoms with Crippen LogP contribution in [0, 0.1) is 0 Å². The lowest BCUT2D eigenvalue weighted by molar-refractivity contribution is 0.0986. The second kappa shape index (κ2) is 6.56. The van der Waals surface area contributed by atoms with Gasteiger partial charge in [-0.05, 0) is 48.0 Å². The molecule has 3 aromatic carbocycles. The number of amides is 1. The van der Waals surface area contributed by atoms with Crippen LogP contribution in [0.25, 0.3) is 10.9 Å². The summed E-state index contributed by atoms with van der Waals surface area (Å²) in [4.78, 5) is 15.4. The molecule has 2 N–H and O–H groups in total. The van der Waals surface area contributed by atoms with Crippen LogP contribution in [0.4, 0.5) is 5.69 Å². The number of anilines is 1. The van der Waals surface area contributed by atoms with Gasteiger partial charge in [-0.3, -0.25) is 9.69 Å². The zero-order chi connectivity index (χ0) is 21.0. The second-order valence-electron chi connectivity index (χ2n) is 7.36. The van der Waals surface area contributed by atoms with Gasteiger partial charge in [0.05, 0.1) is 13.2 Å². The van der Waals surface area contributed by atoms with E-state index in [1.807, 2.05) is 60.1 Å². The molecule has 1 aliphatic heterocycles. The Morgan fingerprint density at radius 3 is 2.37 bits per heavy atom. The lowest BCUT2D eigenvalue weighted by atomic mass is 9.97. The van der Waals surface area contributed by atoms with Crippen molar-refractivity contribution in [3.05, 3.63) is 83.6 Å². The summed E-state index contributed by atoms with van der Waals surface area (Å²) in [7, 11) is 3.49. The average molecular weight is 400 g/mol. The van der Waals surface area contributed by atoms with E-state index in [2.05, 4.69) is 0 Å². The molecule has 2 heterocycles. The fourth-order valence-electron chi connectivity index (χ4n) is 4.35. The number of ether oxygens (including phenoxy) is 1. The Labute approximate surface area is 173 Å². The van der Waals surface area contributed by atoms with Gasteiger partial charge in [-0.1, -0.05) is 24.3 Å². The highest BCUT2D eigenvalue weighted by molar-refractivity contribution is 6.15. The molecule has 150 valence electrons. The van der Waals surface area contributed by atoms with Crippen LogP contribution in [0.1, 0.15) is 27.7 Å². The largest absolute Gasteiger partial charge is 0.504 e. The van der Waals surface area contributed by atoms with E-state index < -0.39 is 6.04 Å². The van der Waals surface area contributed by atoms with Gasteiger partial charge in [-0.15, -0.1) is 0 Å². The first-order valence-corrected chi connectivity index (χ1v) is 9.58. The lowest BCUT2D eigenvalue weighted by Gasteiger charge is -2.27. The number of benzene rings is 3. The Morgan fingerprint density at radius 1 is 0.933 bits per heavy atom. The van der Waals surface area contributed by atoms with E-state index in [0.29, 0.717) is 17.0 Å². The van der Waals surface area contributed by atoms with Gasteiger partial charge in [-0.25, -0.2) is 0 Å². The summed E-state index contributed by atoms with van der Waals surface area (Å²) in [6.45, 7) is 0. The molecule has 30 heavy (non-hydrogen) atoms. The van der Waals surface area contributed by atoms with E-state index in [-0.39, 0.29) is 17.4 Å². The Kier molecular flexibility index (Phi) is 3.96. The van der Waals surface area contributed by atoms with E-state index in [1.165, 1.54) is 12.1 Å². The molecule has 0 bridgehead atoms. The molecule has 6 heteroatoms. The molecule has 0 radical (unpaired) electrons. The maximum atomic E-state index is 13.6. The molecule has 4 aromatic rings. The van der Waals surface area contributed by atoms with Gasteiger partial charge >= 0.3 is 0 Å². The molecule has 0 spiro atoms. The number of rotatable bonds is 3. The van der Waals surface area contributed by atoms with Crippen LogP contribution in [0.2, 0.25) is 0 Å². The van der Waals surface area contributed by atoms with Gasteiger partial charge in [0.2, 0.25) is 0 Å². The second-order valence-corrected chi connectivity index (χ2v) is 7.36. The number of carbonyl (C=O) groups is 1. The molecule has 1 unspecified atom stereocenters. The van der Waals surface area contributed by atoms with Crippen molar-refractivity contribution >= 4 is 22.5 Å². The van der Waals surface area contributed by atoms with E-state index in [0.717, 1.165) is 22.2 Å². The van der Waals surface area contributed by atoms with Crippen molar-refractivity contribution in [2.45, 2.75) is 6.04 Å². The SMILES string of the molecule is COc1ccc(N2C(=O)c3c(c4ccccc4n3C)C2c2ccc(O)c(O)c2)cc1. The predicted molar refractivity (Wildman–Crippen MR) is 114 cm³/mol. The quantitative estimate of drug-likeness (QED) is 0.502. The van der Waals surface area contributed by atoms with Gasteiger partial charge < -0.3 is 19.5 Å². The predicted octanol–water partition coefficient (Wildman–Crippen LogP) is 4.35. The molecule has 5 rings (SSSR count). The number of aromatic hydroxyl groups is 2. The standard InChI is InChI=1S/C24H20N2O4/c1-25-18-6-4-3-5-17(18)21-22(14-7-12-19(27)20(28)13-14)26(24(29)23(21)25)15-8-10-16(30-2)11-9-15/h3-13,22,27-28H,1-2H3. The Morgan fingerprint density at radius 2 is 1.67 bits per heavy atom. The van der Waals surface area contributed by atoms with E-state index in [4.69, 9.17) is 4.74 Å². The van der Waals surface area contributed by atoms with Gasteiger partial charge in [0.15, 0.2) is 11.5 Å². The molecule has 0 saturated heterocycles. The van der Waals surface area contributed by atoms with Crippen LogP contribution >= 0.6 is 0 Å². The minimum Gasteiger partial charge on any atom is -0.504 e. The topological polar surface area (TPSA) is 74.9 Å². The third-order valence-corrected chi connectivity index (χ3v) is 5.76. The number of para-hydroxylation sites is 1. The lowest BCUT2D eigenvalue weighted by Crippen LogP contribution is -2.29. The molecule has 0 fully saturated rings. The van der Waals surface area contributed by atoms with Crippen LogP contribution in [0.5, 0.6) is 17.2 Å². The Bertz CT molecular complexity index is 1290. The Hall–Kier alpha value is -3.93. The summed E-state index contributed by atoms with van der Waals surface area (Å²) in [5.41, 5.74) is 3.91. The number of aromatic nitrogens is 1. The number of phenolic OH excluding ortho intramolecular Hbond substituents is 2. The number of hydrogen-bond acceptors (Lipinski definition) is 4. The van der Waals surface area contributed by atoms with Crippen molar-refractivity contribution in [2.75, 3.05) is 12.0 Å². The summed E-state index contributed by atoms with van der Waals surface area (Å²) in [6, 6.07) is 19.5. The van der Waals surface area contributed by atoms with Crippen LogP contribution in [0.3, 0.4) is 0 Å². The fourth-order valence-corrected chi connectivity index (χ4v) is 4.35. The summed E-state index contributed by atoms with van der Waals surface area (Å²) < 4.78 is 7.17. The molecule has 0 saturated carbocycles. The molecule has 0 aliphatic carbocycles. The van der Waals surface area contributed by atoms with Crippen molar-refractivity contribution in [3.63, 3.8) is 0 Å². The summed E-state index contributed by atoms with van der Waals surface area (Å²) in [6.07, 6.45) is 0. The highest BCUT2D eigenvalue weighted by atomic mass is 16.5. The first-order valence-electron chi connectivity index (χ1n) is 9.58. The van der Waals surface area contributed by atoms with Crippen LogP contribution in [-0.2, 0) is 7.05 Å². The van der Waals surface area contributed by atoms with E-state index in [1.54, 1.807) is 18.1 Å². The van der Waals surface area contributed by atoms with Crippen LogP contribution in [0.15, 0.2) is 66.7 Å². The highest BCUT2D eigenvalue weighted by Crippen LogP contribution is 2.47. The maximum absolute atomic E-state index is 13.6. The number of hydrogen-bond donors (Lipinski definition) is 2. The zero-order valence-electron chi connectivity index (χ0n) is 16.5. The minimum absolute atomic E-state index is 0.119. The number of phenols is 2. The zero-order valence-corrected chi connectivity index (χ0v) is 16.5. The fraction of sp³-hybridized carbons (Fsp3) is 0.125. The molecular weight excluding hydrogens is 380 g/mol. The highest BCUT2D eigenvalue weighted by Gasteiger charge is 2.43. The van der Waals surface area contributed by atoms with E-state index >= 15 is 0 Å². The molecular formula is C24H20N2O4. The Balaban J connectivity index is 1.78.